The van der Waals surface area contributed by atoms with Gasteiger partial charge < -0.3 is 4.90 Å². The molecule has 1 aromatic rings. The van der Waals surface area contributed by atoms with E-state index in [0.717, 1.165) is 5.56 Å². The predicted molar refractivity (Wildman–Crippen MR) is 54.7 cm³/mol. The van der Waals surface area contributed by atoms with Gasteiger partial charge in [0.15, 0.2) is 0 Å². The molecule has 12 heavy (non-hydrogen) atoms. The second-order valence-corrected chi connectivity index (χ2v) is 3.48. The van der Waals surface area contributed by atoms with Gasteiger partial charge in [-0.2, -0.15) is 0 Å². The molecule has 0 saturated carbocycles. The van der Waals surface area contributed by atoms with Gasteiger partial charge in [0, 0.05) is 19.8 Å². The van der Waals surface area contributed by atoms with Crippen LogP contribution in [0.4, 0.5) is 5.69 Å². The molecule has 0 amide bonds. The summed E-state index contributed by atoms with van der Waals surface area (Å²) in [6.45, 7) is 8.24. The Labute approximate surface area is 75.0 Å². The van der Waals surface area contributed by atoms with E-state index in [-0.39, 0.29) is 0 Å². The van der Waals surface area contributed by atoms with Crippen LogP contribution in [0.3, 0.4) is 0 Å². The Morgan fingerprint density at radius 3 is 2.17 bits per heavy atom. The maximum atomic E-state index is 4.02. The van der Waals surface area contributed by atoms with Crippen molar-refractivity contribution >= 4 is 5.69 Å². The van der Waals surface area contributed by atoms with Crippen molar-refractivity contribution in [3.05, 3.63) is 35.7 Å². The van der Waals surface area contributed by atoms with Crippen LogP contribution >= 0.6 is 0 Å². The Morgan fingerprint density at radius 1 is 1.17 bits per heavy atom. The molecule has 0 aliphatic rings. The topological polar surface area (TPSA) is 3.24 Å². The number of nitrogens with zero attached hydrogens (tertiary/aromatic N) is 1. The lowest BCUT2D eigenvalue weighted by molar-refractivity contribution is 1.10. The minimum absolute atomic E-state index is 1.11. The summed E-state index contributed by atoms with van der Waals surface area (Å²) in [5.74, 6) is 0. The Bertz CT molecular complexity index is 264. The molecule has 0 spiro atoms. The molecule has 0 unspecified atom stereocenters. The molecule has 1 rings (SSSR count). The van der Waals surface area contributed by atoms with Gasteiger partial charge in [0.25, 0.3) is 0 Å². The van der Waals surface area contributed by atoms with E-state index < -0.39 is 0 Å². The minimum Gasteiger partial charge on any atom is -0.377 e. The van der Waals surface area contributed by atoms with E-state index >= 15 is 0 Å². The number of benzene rings is 1. The van der Waals surface area contributed by atoms with Crippen LogP contribution in [-0.2, 0) is 0 Å². The number of hydrogen-bond donors (Lipinski definition) is 0. The molecule has 1 aromatic carbocycles. The smallest absolute Gasteiger partial charge is 0.0423 e. The van der Waals surface area contributed by atoms with Crippen LogP contribution in [0.5, 0.6) is 0 Å². The van der Waals surface area contributed by atoms with Crippen molar-refractivity contribution in [3.8, 4) is 0 Å². The first-order chi connectivity index (χ1) is 5.52. The van der Waals surface area contributed by atoms with Crippen molar-refractivity contribution in [1.82, 2.24) is 0 Å². The molecule has 0 N–H and O–H groups in total. The number of anilines is 1. The second-order valence-electron chi connectivity index (χ2n) is 3.48. The van der Waals surface area contributed by atoms with Crippen molar-refractivity contribution in [2.45, 2.75) is 13.8 Å². The molecule has 0 aromatic heterocycles. The third kappa shape index (κ3) is 1.60. The van der Waals surface area contributed by atoms with Gasteiger partial charge in [-0.15, -0.1) is 0 Å². The van der Waals surface area contributed by atoms with Crippen LogP contribution in [0.25, 0.3) is 0 Å². The summed E-state index contributed by atoms with van der Waals surface area (Å²) < 4.78 is 0. The van der Waals surface area contributed by atoms with Crippen LogP contribution in [0.15, 0.2) is 12.1 Å². The molecular weight excluding hydrogens is 146 g/mol. The predicted octanol–water partition coefficient (Wildman–Crippen LogP) is 2.55. The number of rotatable bonds is 1. The highest BCUT2D eigenvalue weighted by atomic mass is 15.1. The van der Waals surface area contributed by atoms with Gasteiger partial charge in [-0.3, -0.25) is 0 Å². The summed E-state index contributed by atoms with van der Waals surface area (Å²) in [6.07, 6.45) is 0. The molecule has 0 fully saturated rings. The largest absolute Gasteiger partial charge is 0.377 e. The van der Waals surface area contributed by atoms with E-state index in [0.29, 0.717) is 0 Å². The highest BCUT2D eigenvalue weighted by Gasteiger charge is 2.04. The summed E-state index contributed by atoms with van der Waals surface area (Å²) in [5, 5.41) is 0. The molecule has 1 nitrogen and oxygen atoms in total. The van der Waals surface area contributed by atoms with Crippen LogP contribution in [0.1, 0.15) is 16.7 Å². The van der Waals surface area contributed by atoms with Crippen molar-refractivity contribution in [2.24, 2.45) is 0 Å². The molecule has 0 bridgehead atoms. The zero-order valence-corrected chi connectivity index (χ0v) is 8.31. The van der Waals surface area contributed by atoms with E-state index in [1.54, 1.807) is 0 Å². The van der Waals surface area contributed by atoms with E-state index in [2.05, 4.69) is 37.8 Å². The van der Waals surface area contributed by atoms with E-state index in [9.17, 15) is 0 Å². The third-order valence-electron chi connectivity index (χ3n) is 1.97. The average molecular weight is 162 g/mol. The van der Waals surface area contributed by atoms with Crippen LogP contribution < -0.4 is 4.90 Å². The van der Waals surface area contributed by atoms with Gasteiger partial charge in [-0.25, -0.2) is 0 Å². The average Bonchev–Trinajstić information content (AvgIpc) is 1.82. The lowest BCUT2D eigenvalue weighted by Crippen LogP contribution is -2.12. The summed E-state index contributed by atoms with van der Waals surface area (Å²) in [5.41, 5.74) is 4.92. The van der Waals surface area contributed by atoms with Gasteiger partial charge in [-0.05, 0) is 31.9 Å². The Hall–Kier alpha value is -0.980. The highest BCUT2D eigenvalue weighted by molar-refractivity contribution is 5.60. The molecule has 0 aliphatic carbocycles. The summed E-state index contributed by atoms with van der Waals surface area (Å²) in [4.78, 5) is 2.11. The summed E-state index contributed by atoms with van der Waals surface area (Å²) in [7, 11) is 4.10. The molecule has 65 valence electrons. The summed E-state index contributed by atoms with van der Waals surface area (Å²) in [6, 6.07) is 4.30. The molecule has 1 radical (unpaired) electrons. The maximum absolute atomic E-state index is 4.02. The fraction of sp³-hybridized carbons (Fsp3) is 0.364. The van der Waals surface area contributed by atoms with Gasteiger partial charge in [0.2, 0.25) is 0 Å². The lowest BCUT2D eigenvalue weighted by atomic mass is 10.0. The second kappa shape index (κ2) is 3.18. The van der Waals surface area contributed by atoms with E-state index in [1.807, 2.05) is 14.1 Å². The van der Waals surface area contributed by atoms with Crippen LogP contribution in [0, 0.1) is 20.8 Å². The number of hydrogen-bond acceptors (Lipinski definition) is 1. The highest BCUT2D eigenvalue weighted by Crippen LogP contribution is 2.23. The summed E-state index contributed by atoms with van der Waals surface area (Å²) >= 11 is 0. The van der Waals surface area contributed by atoms with Crippen LogP contribution in [-0.4, -0.2) is 14.1 Å². The maximum Gasteiger partial charge on any atom is 0.0423 e. The monoisotopic (exact) mass is 162 g/mol. The zero-order chi connectivity index (χ0) is 9.30. The molecule has 0 heterocycles. The zero-order valence-electron chi connectivity index (χ0n) is 8.31. The normalized spacial score (nSPS) is 10.1. The SMILES string of the molecule is [CH2]c1cc(C)cc(C)c1N(C)C. The van der Waals surface area contributed by atoms with Gasteiger partial charge in [-0.1, -0.05) is 17.7 Å². The van der Waals surface area contributed by atoms with Crippen molar-refractivity contribution in [3.63, 3.8) is 0 Å². The van der Waals surface area contributed by atoms with E-state index in [4.69, 9.17) is 0 Å². The fourth-order valence-electron chi connectivity index (χ4n) is 1.69. The Balaban J connectivity index is 3.28. The first-order valence-electron chi connectivity index (χ1n) is 4.13. The fourth-order valence-corrected chi connectivity index (χ4v) is 1.69. The third-order valence-corrected chi connectivity index (χ3v) is 1.97. The van der Waals surface area contributed by atoms with Crippen molar-refractivity contribution in [2.75, 3.05) is 19.0 Å². The minimum atomic E-state index is 1.11. The molecule has 0 aliphatic heterocycles. The molecular formula is C11H16N. The Kier molecular flexibility index (Phi) is 2.41. The van der Waals surface area contributed by atoms with Gasteiger partial charge >= 0.3 is 0 Å². The lowest BCUT2D eigenvalue weighted by Gasteiger charge is -2.18. The van der Waals surface area contributed by atoms with Crippen molar-refractivity contribution in [1.29, 1.82) is 0 Å². The first-order valence-corrected chi connectivity index (χ1v) is 4.13. The Morgan fingerprint density at radius 2 is 1.75 bits per heavy atom. The van der Waals surface area contributed by atoms with Crippen LogP contribution in [0.2, 0.25) is 0 Å². The van der Waals surface area contributed by atoms with Gasteiger partial charge in [0.1, 0.15) is 0 Å². The quantitative estimate of drug-likeness (QED) is 0.613. The standard InChI is InChI=1S/C11H16N/c1-8-6-9(2)11(12(4)5)10(3)7-8/h6-7H,2H2,1,3-5H3. The molecule has 0 saturated heterocycles. The molecule has 0 atom stereocenters. The molecule has 1 heteroatoms. The van der Waals surface area contributed by atoms with E-state index in [1.165, 1.54) is 16.8 Å². The van der Waals surface area contributed by atoms with Crippen molar-refractivity contribution < 1.29 is 0 Å². The first kappa shape index (κ1) is 9.11. The van der Waals surface area contributed by atoms with Gasteiger partial charge in [0.05, 0.1) is 0 Å². The number of aryl methyl sites for hydroxylation is 2.